The number of alkyl halides is 3. The lowest BCUT2D eigenvalue weighted by atomic mass is 9.87. The van der Waals surface area contributed by atoms with Gasteiger partial charge >= 0.3 is 30.4 Å². The normalized spacial score (nSPS) is 11.3. The molecule has 0 spiro atoms. The molecule has 2 amide bonds. The number of amides is 2. The Bertz CT molecular complexity index is 2000. The van der Waals surface area contributed by atoms with Crippen molar-refractivity contribution >= 4 is 47.1 Å². The lowest BCUT2D eigenvalue weighted by Gasteiger charge is -2.27. The number of benzene rings is 3. The van der Waals surface area contributed by atoms with Crippen LogP contribution in [0.15, 0.2) is 72.1 Å². The summed E-state index contributed by atoms with van der Waals surface area (Å²) < 4.78 is 96.0. The predicted octanol–water partition coefficient (Wildman–Crippen LogP) is 7.60. The van der Waals surface area contributed by atoms with E-state index in [0.29, 0.717) is 6.07 Å². The van der Waals surface area contributed by atoms with E-state index in [9.17, 15) is 37.1 Å². The number of thiophene rings is 1. The molecule has 3 aromatic carbocycles. The Morgan fingerprint density at radius 3 is 1.98 bits per heavy atom. The number of anilines is 1. The molecule has 1 N–H and O–H groups in total. The summed E-state index contributed by atoms with van der Waals surface area (Å²) in [5.41, 5.74) is -3.84. The van der Waals surface area contributed by atoms with E-state index >= 15 is 8.78 Å². The molecule has 4 rings (SSSR count). The van der Waals surface area contributed by atoms with E-state index in [-0.39, 0.29) is 34.8 Å². The Morgan fingerprint density at radius 2 is 1.43 bits per heavy atom. The highest BCUT2D eigenvalue weighted by atomic mass is 32.1. The van der Waals surface area contributed by atoms with Gasteiger partial charge in [-0.3, -0.25) is 14.4 Å². The van der Waals surface area contributed by atoms with Crippen LogP contribution >= 0.6 is 11.3 Å². The highest BCUT2D eigenvalue weighted by Crippen LogP contribution is 2.39. The summed E-state index contributed by atoms with van der Waals surface area (Å²) in [5.74, 6) is -9.29. The van der Waals surface area contributed by atoms with Crippen molar-refractivity contribution in [1.29, 1.82) is 0 Å². The third-order valence-electron chi connectivity index (χ3n) is 7.41. The molecule has 12 nitrogen and oxygen atoms in total. The second-order valence-corrected chi connectivity index (χ2v) is 12.1. The van der Waals surface area contributed by atoms with E-state index in [2.05, 4.69) is 5.32 Å². The van der Waals surface area contributed by atoms with Gasteiger partial charge in [0.2, 0.25) is 17.0 Å². The first kappa shape index (κ1) is 40.7. The third-order valence-corrected chi connectivity index (χ3v) is 8.44. The molecule has 54 heavy (non-hydrogen) atoms. The minimum absolute atomic E-state index is 0.0578. The van der Waals surface area contributed by atoms with Crippen LogP contribution in [0, 0.1) is 11.6 Å². The van der Waals surface area contributed by atoms with Gasteiger partial charge in [0.25, 0.3) is 5.91 Å². The third kappa shape index (κ3) is 8.94. The Hall–Kier alpha value is -6.04. The summed E-state index contributed by atoms with van der Waals surface area (Å²) in [5, 5.41) is 3.74. The molecule has 286 valence electrons. The van der Waals surface area contributed by atoms with E-state index in [4.69, 9.17) is 23.7 Å². The molecule has 0 atom stereocenters. The zero-order chi connectivity index (χ0) is 39.8. The standard InChI is InChI=1S/C36H31F5N2O10S/c1-5-49-31(45)35(32(46)50-6-2,26-12-9-17-54-26)19-51-34(48)53-28-24(37)18-25(29(27(28)38)52-33(47)43(3)4)42-30(44)23-11-8-7-10-22(23)20-13-15-21(16-14-20)36(39,40)41/h7-18H,5-6,19H2,1-4H3,(H,42,44). The van der Waals surface area contributed by atoms with Crippen molar-refractivity contribution < 1.29 is 69.6 Å². The highest BCUT2D eigenvalue weighted by Gasteiger charge is 2.53. The summed E-state index contributed by atoms with van der Waals surface area (Å²) in [7, 11) is 2.45. The number of carbonyl (C=O) groups excluding carboxylic acids is 5. The Labute approximate surface area is 308 Å². The van der Waals surface area contributed by atoms with Gasteiger partial charge in [-0.15, -0.1) is 11.3 Å². The molecule has 1 heterocycles. The van der Waals surface area contributed by atoms with Crippen molar-refractivity contribution in [2.24, 2.45) is 0 Å². The average molecular weight is 779 g/mol. The summed E-state index contributed by atoms with van der Waals surface area (Å²) in [6, 6.07) is 12.9. The second-order valence-electron chi connectivity index (χ2n) is 11.2. The zero-order valence-electron chi connectivity index (χ0n) is 28.9. The number of halogens is 5. The largest absolute Gasteiger partial charge is 0.514 e. The highest BCUT2D eigenvalue weighted by molar-refractivity contribution is 7.10. The second kappa shape index (κ2) is 17.2. The molecule has 0 saturated carbocycles. The number of hydrogen-bond acceptors (Lipinski definition) is 11. The lowest BCUT2D eigenvalue weighted by Crippen LogP contribution is -2.50. The molecule has 0 aliphatic heterocycles. The van der Waals surface area contributed by atoms with Crippen LogP contribution in [0.2, 0.25) is 0 Å². The number of carbonyl (C=O) groups is 5. The van der Waals surface area contributed by atoms with Crippen LogP contribution in [0.5, 0.6) is 11.5 Å². The van der Waals surface area contributed by atoms with E-state index < -0.39 is 82.7 Å². The van der Waals surface area contributed by atoms with Gasteiger partial charge in [0.05, 0.1) is 24.5 Å². The van der Waals surface area contributed by atoms with Gasteiger partial charge in [-0.25, -0.2) is 14.0 Å². The maximum Gasteiger partial charge on any atom is 0.514 e. The van der Waals surface area contributed by atoms with Crippen LogP contribution in [-0.2, 0) is 35.4 Å². The van der Waals surface area contributed by atoms with E-state index in [1.807, 2.05) is 0 Å². The first-order valence-corrected chi connectivity index (χ1v) is 16.6. The van der Waals surface area contributed by atoms with Crippen LogP contribution < -0.4 is 14.8 Å². The predicted molar refractivity (Wildman–Crippen MR) is 182 cm³/mol. The monoisotopic (exact) mass is 778 g/mol. The van der Waals surface area contributed by atoms with Crippen molar-refractivity contribution in [2.75, 3.05) is 39.2 Å². The first-order chi connectivity index (χ1) is 25.5. The maximum absolute atomic E-state index is 16.0. The van der Waals surface area contributed by atoms with Crippen molar-refractivity contribution in [3.8, 4) is 22.6 Å². The van der Waals surface area contributed by atoms with Crippen LogP contribution in [0.4, 0.5) is 37.2 Å². The molecule has 0 saturated heterocycles. The average Bonchev–Trinajstić information content (AvgIpc) is 3.67. The van der Waals surface area contributed by atoms with E-state index in [0.717, 1.165) is 40.5 Å². The Morgan fingerprint density at radius 1 is 0.796 bits per heavy atom. The van der Waals surface area contributed by atoms with Gasteiger partial charge in [-0.05, 0) is 54.6 Å². The van der Waals surface area contributed by atoms with Crippen molar-refractivity contribution in [1.82, 2.24) is 4.90 Å². The van der Waals surface area contributed by atoms with Crippen molar-refractivity contribution in [3.63, 3.8) is 0 Å². The van der Waals surface area contributed by atoms with Crippen LogP contribution in [0.1, 0.15) is 34.6 Å². The fraction of sp³-hybridized carbons (Fsp3) is 0.250. The minimum Gasteiger partial charge on any atom is -0.465 e. The molecule has 1 aromatic heterocycles. The number of hydrogen-bond donors (Lipinski definition) is 1. The van der Waals surface area contributed by atoms with E-state index in [1.54, 1.807) is 0 Å². The van der Waals surface area contributed by atoms with Gasteiger partial charge in [0, 0.05) is 30.6 Å². The topological polar surface area (TPSA) is 147 Å². The lowest BCUT2D eigenvalue weighted by molar-refractivity contribution is -0.167. The summed E-state index contributed by atoms with van der Waals surface area (Å²) in [6.07, 6.45) is -7.63. The number of esters is 2. The summed E-state index contributed by atoms with van der Waals surface area (Å²) in [6.45, 7) is 1.50. The Balaban J connectivity index is 1.67. The van der Waals surface area contributed by atoms with Gasteiger partial charge in [-0.2, -0.15) is 17.6 Å². The fourth-order valence-electron chi connectivity index (χ4n) is 4.79. The summed E-state index contributed by atoms with van der Waals surface area (Å²) in [4.78, 5) is 66.1. The van der Waals surface area contributed by atoms with Crippen LogP contribution in [-0.4, -0.2) is 68.9 Å². The Kier molecular flexibility index (Phi) is 13.0. The molecule has 0 radical (unpaired) electrons. The molecular formula is C36H31F5N2O10S. The van der Waals surface area contributed by atoms with Gasteiger partial charge in [0.1, 0.15) is 6.61 Å². The zero-order valence-corrected chi connectivity index (χ0v) is 29.7. The molecule has 0 fully saturated rings. The number of nitrogens with zero attached hydrogens (tertiary/aromatic N) is 1. The minimum atomic E-state index is -4.61. The molecule has 0 aliphatic carbocycles. The van der Waals surface area contributed by atoms with Crippen molar-refractivity contribution in [3.05, 3.63) is 99.7 Å². The maximum atomic E-state index is 16.0. The molecule has 0 bridgehead atoms. The van der Waals surface area contributed by atoms with Crippen LogP contribution in [0.3, 0.4) is 0 Å². The number of ether oxygens (including phenoxy) is 5. The van der Waals surface area contributed by atoms with Crippen LogP contribution in [0.25, 0.3) is 11.1 Å². The molecule has 0 aliphatic rings. The smallest absolute Gasteiger partial charge is 0.465 e. The molecular weight excluding hydrogens is 747 g/mol. The first-order valence-electron chi connectivity index (χ1n) is 15.8. The van der Waals surface area contributed by atoms with Gasteiger partial charge in [-0.1, -0.05) is 36.4 Å². The number of rotatable bonds is 12. The summed E-state index contributed by atoms with van der Waals surface area (Å²) >= 11 is 0.933. The fourth-order valence-corrected chi connectivity index (χ4v) is 5.68. The number of nitrogens with one attached hydrogen (secondary N) is 1. The van der Waals surface area contributed by atoms with E-state index in [1.165, 1.54) is 69.7 Å². The SMILES string of the molecule is CCOC(=O)C(COC(=O)Oc1c(F)cc(NC(=O)c2ccccc2-c2ccc(C(F)(F)F)cc2)c(OC(=O)N(C)C)c1F)(C(=O)OCC)c1cccs1. The molecule has 18 heteroatoms. The van der Waals surface area contributed by atoms with Gasteiger partial charge < -0.3 is 33.9 Å². The van der Waals surface area contributed by atoms with Crippen molar-refractivity contribution in [2.45, 2.75) is 25.4 Å². The molecule has 4 aromatic rings. The van der Waals surface area contributed by atoms with Gasteiger partial charge in [0.15, 0.2) is 11.6 Å². The molecule has 0 unspecified atom stereocenters. The quantitative estimate of drug-likeness (QED) is 0.0502.